The summed E-state index contributed by atoms with van der Waals surface area (Å²) in [6.07, 6.45) is 5.40. The van der Waals surface area contributed by atoms with Gasteiger partial charge in [-0.1, -0.05) is 0 Å². The second kappa shape index (κ2) is 2.20. The summed E-state index contributed by atoms with van der Waals surface area (Å²) >= 11 is 0. The van der Waals surface area contributed by atoms with Gasteiger partial charge < -0.3 is 5.73 Å². The smallest absolute Gasteiger partial charge is 0.0358 e. The quantitative estimate of drug-likeness (QED) is 0.609. The van der Waals surface area contributed by atoms with Crippen molar-refractivity contribution in [1.29, 1.82) is 0 Å². The maximum absolute atomic E-state index is 6.02. The van der Waals surface area contributed by atoms with E-state index in [9.17, 15) is 0 Å². The number of nitrogens with zero attached hydrogens (tertiary/aromatic N) is 1. The topological polar surface area (TPSA) is 29.3 Å². The summed E-state index contributed by atoms with van der Waals surface area (Å²) in [6.45, 7) is 2.16. The van der Waals surface area contributed by atoms with Crippen LogP contribution in [0.4, 0.5) is 0 Å². The Bertz CT molecular complexity index is 157. The number of hydrogen-bond acceptors (Lipinski definition) is 2. The Hall–Kier alpha value is -0.0800. The van der Waals surface area contributed by atoms with E-state index in [-0.39, 0.29) is 0 Å². The highest BCUT2D eigenvalue weighted by Crippen LogP contribution is 2.46. The van der Waals surface area contributed by atoms with E-state index < -0.39 is 0 Å². The van der Waals surface area contributed by atoms with E-state index >= 15 is 0 Å². The Labute approximate surface area is 68.7 Å². The number of nitrogens with two attached hydrogens (primary N) is 1. The van der Waals surface area contributed by atoms with E-state index in [1.54, 1.807) is 0 Å². The third-order valence-corrected chi connectivity index (χ3v) is 3.92. The van der Waals surface area contributed by atoms with Gasteiger partial charge in [-0.05, 0) is 39.7 Å². The lowest BCUT2D eigenvalue weighted by Crippen LogP contribution is -2.51. The van der Waals surface area contributed by atoms with E-state index in [1.165, 1.54) is 25.7 Å². The van der Waals surface area contributed by atoms with E-state index in [0.717, 1.165) is 6.04 Å². The molecule has 0 aliphatic carbocycles. The lowest BCUT2D eigenvalue weighted by Gasteiger charge is -2.36. The first-order valence-electron chi connectivity index (χ1n) is 4.65. The van der Waals surface area contributed by atoms with E-state index in [4.69, 9.17) is 5.73 Å². The Morgan fingerprint density at radius 2 is 2.00 bits per heavy atom. The molecule has 0 radical (unpaired) electrons. The van der Waals surface area contributed by atoms with Gasteiger partial charge in [-0.15, -0.1) is 0 Å². The van der Waals surface area contributed by atoms with Crippen molar-refractivity contribution in [2.75, 3.05) is 7.05 Å². The molecule has 2 N–H and O–H groups in total. The van der Waals surface area contributed by atoms with Gasteiger partial charge in [0.15, 0.2) is 0 Å². The minimum Gasteiger partial charge on any atom is -0.326 e. The van der Waals surface area contributed by atoms with Crippen LogP contribution in [0.15, 0.2) is 0 Å². The number of rotatable bonds is 1. The molecule has 64 valence electrons. The van der Waals surface area contributed by atoms with Crippen LogP contribution in [0, 0.1) is 0 Å². The molecule has 2 aliphatic heterocycles. The van der Waals surface area contributed by atoms with Crippen LogP contribution in [0.2, 0.25) is 0 Å². The van der Waals surface area contributed by atoms with Gasteiger partial charge in [0.05, 0.1) is 0 Å². The van der Waals surface area contributed by atoms with Crippen molar-refractivity contribution in [3.63, 3.8) is 0 Å². The first kappa shape index (κ1) is 7.56. The van der Waals surface area contributed by atoms with Crippen molar-refractivity contribution in [2.45, 2.75) is 50.2 Å². The predicted molar refractivity (Wildman–Crippen MR) is 46.4 cm³/mol. The van der Waals surface area contributed by atoms with Gasteiger partial charge in [0, 0.05) is 17.6 Å². The summed E-state index contributed by atoms with van der Waals surface area (Å²) < 4.78 is 0. The highest BCUT2D eigenvalue weighted by molar-refractivity contribution is 5.09. The third-order valence-electron chi connectivity index (χ3n) is 3.92. The molecule has 0 aromatic heterocycles. The molecular formula is C9H18N2. The summed E-state index contributed by atoms with van der Waals surface area (Å²) in [4.78, 5) is 2.53. The van der Waals surface area contributed by atoms with Gasteiger partial charge in [-0.25, -0.2) is 0 Å². The minimum atomic E-state index is 0.347. The monoisotopic (exact) mass is 154 g/mol. The van der Waals surface area contributed by atoms with Gasteiger partial charge in [0.2, 0.25) is 0 Å². The first-order valence-corrected chi connectivity index (χ1v) is 4.65. The fraction of sp³-hybridized carbons (Fsp3) is 1.00. The molecule has 2 aliphatic rings. The van der Waals surface area contributed by atoms with E-state index in [2.05, 4.69) is 18.9 Å². The molecule has 0 aromatic rings. The Morgan fingerprint density at radius 3 is 2.18 bits per heavy atom. The average Bonchev–Trinajstić information content (AvgIpc) is 2.46. The molecule has 0 saturated carbocycles. The van der Waals surface area contributed by atoms with Crippen molar-refractivity contribution in [3.8, 4) is 0 Å². The van der Waals surface area contributed by atoms with Crippen LogP contribution in [0.3, 0.4) is 0 Å². The van der Waals surface area contributed by atoms with Gasteiger partial charge in [0.25, 0.3) is 0 Å². The van der Waals surface area contributed by atoms with Crippen LogP contribution in [0.25, 0.3) is 0 Å². The SMILES string of the molecule is CC(N)C12CCC(CC1)N2C. The number of fused-ring (bicyclic) bond motifs is 2. The maximum Gasteiger partial charge on any atom is 0.0358 e. The lowest BCUT2D eigenvalue weighted by atomic mass is 9.83. The molecule has 1 atom stereocenters. The standard InChI is InChI=1S/C9H18N2/c1-7(10)9-5-3-8(4-6-9)11(9)2/h7-8H,3-6,10H2,1-2H3. The second-order valence-corrected chi connectivity index (χ2v) is 4.23. The summed E-state index contributed by atoms with van der Waals surface area (Å²) in [5.41, 5.74) is 6.40. The van der Waals surface area contributed by atoms with Gasteiger partial charge >= 0.3 is 0 Å². The van der Waals surface area contributed by atoms with Crippen molar-refractivity contribution in [3.05, 3.63) is 0 Å². The summed E-state index contributed by atoms with van der Waals surface area (Å²) in [6, 6.07) is 1.20. The van der Waals surface area contributed by atoms with Gasteiger partial charge in [-0.3, -0.25) is 4.90 Å². The average molecular weight is 154 g/mol. The van der Waals surface area contributed by atoms with E-state index in [1.807, 2.05) is 0 Å². The third kappa shape index (κ3) is 0.798. The number of hydrogen-bond donors (Lipinski definition) is 1. The highest BCUT2D eigenvalue weighted by atomic mass is 15.3. The summed E-state index contributed by atoms with van der Waals surface area (Å²) in [5, 5.41) is 0. The Balaban J connectivity index is 2.24. The molecule has 2 heterocycles. The molecule has 1 unspecified atom stereocenters. The van der Waals surface area contributed by atoms with Crippen LogP contribution in [-0.2, 0) is 0 Å². The zero-order valence-electron chi connectivity index (χ0n) is 7.51. The second-order valence-electron chi connectivity index (χ2n) is 4.23. The summed E-state index contributed by atoms with van der Waals surface area (Å²) in [7, 11) is 2.24. The van der Waals surface area contributed by atoms with Crippen LogP contribution in [0.5, 0.6) is 0 Å². The van der Waals surface area contributed by atoms with Crippen molar-refractivity contribution < 1.29 is 0 Å². The van der Waals surface area contributed by atoms with E-state index in [0.29, 0.717) is 11.6 Å². The van der Waals surface area contributed by atoms with Crippen molar-refractivity contribution in [1.82, 2.24) is 4.90 Å². The van der Waals surface area contributed by atoms with Crippen LogP contribution in [0.1, 0.15) is 32.6 Å². The van der Waals surface area contributed by atoms with Crippen molar-refractivity contribution >= 4 is 0 Å². The molecule has 0 aromatic carbocycles. The highest BCUT2D eigenvalue weighted by Gasteiger charge is 2.51. The molecule has 2 rings (SSSR count). The molecular weight excluding hydrogens is 136 g/mol. The predicted octanol–water partition coefficient (Wildman–Crippen LogP) is 0.960. The minimum absolute atomic E-state index is 0.347. The Kier molecular flexibility index (Phi) is 1.52. The van der Waals surface area contributed by atoms with Crippen LogP contribution >= 0.6 is 0 Å². The zero-order chi connectivity index (χ0) is 8.06. The Morgan fingerprint density at radius 1 is 1.45 bits per heavy atom. The zero-order valence-corrected chi connectivity index (χ0v) is 7.51. The lowest BCUT2D eigenvalue weighted by molar-refractivity contribution is 0.165. The first-order chi connectivity index (χ1) is 5.17. The van der Waals surface area contributed by atoms with Gasteiger partial charge in [0.1, 0.15) is 0 Å². The molecule has 0 spiro atoms. The molecule has 2 fully saturated rings. The van der Waals surface area contributed by atoms with Crippen LogP contribution in [-0.4, -0.2) is 29.6 Å². The van der Waals surface area contributed by atoms with Crippen molar-refractivity contribution in [2.24, 2.45) is 5.73 Å². The molecule has 2 heteroatoms. The maximum atomic E-state index is 6.02. The van der Waals surface area contributed by atoms with Gasteiger partial charge in [-0.2, -0.15) is 0 Å². The fourth-order valence-electron chi connectivity index (χ4n) is 2.98. The molecule has 11 heavy (non-hydrogen) atoms. The number of likely N-dealkylation sites (N-methyl/N-ethyl adjacent to an activating group) is 1. The fourth-order valence-corrected chi connectivity index (χ4v) is 2.98. The summed E-state index contributed by atoms with van der Waals surface area (Å²) in [5.74, 6) is 0. The molecule has 2 saturated heterocycles. The molecule has 2 bridgehead atoms. The molecule has 2 nitrogen and oxygen atoms in total. The largest absolute Gasteiger partial charge is 0.326 e. The molecule has 0 amide bonds. The van der Waals surface area contributed by atoms with Crippen LogP contribution < -0.4 is 5.73 Å². The normalized spacial score (nSPS) is 46.6.